The van der Waals surface area contributed by atoms with Gasteiger partial charge in [0.25, 0.3) is 0 Å². The van der Waals surface area contributed by atoms with Crippen LogP contribution in [0, 0.1) is 31.6 Å². The molecule has 0 aliphatic heterocycles. The fraction of sp³-hybridized carbons (Fsp3) is 0.400. The van der Waals surface area contributed by atoms with Gasteiger partial charge in [-0.05, 0) is 6.92 Å². The number of nitrogens with zero attached hydrogens (tertiary/aromatic N) is 1. The molecule has 0 saturated carbocycles. The van der Waals surface area contributed by atoms with Gasteiger partial charge < -0.3 is 14.2 Å². The van der Waals surface area contributed by atoms with Crippen molar-refractivity contribution in [3.63, 3.8) is 0 Å². The smallest absolute Gasteiger partial charge is 0.145 e. The lowest BCUT2D eigenvalue weighted by Crippen LogP contribution is -2.06. The Labute approximate surface area is 114 Å². The Balaban J connectivity index is 2.94. The zero-order valence-corrected chi connectivity index (χ0v) is 11.2. The third-order valence-electron chi connectivity index (χ3n) is 2.48. The van der Waals surface area contributed by atoms with Crippen molar-refractivity contribution in [2.75, 3.05) is 20.3 Å². The molecule has 0 unspecified atom stereocenters. The number of rotatable bonds is 7. The summed E-state index contributed by atoms with van der Waals surface area (Å²) in [6.45, 7) is 3.08. The Morgan fingerprint density at radius 3 is 2.37 bits per heavy atom. The van der Waals surface area contributed by atoms with Crippen molar-refractivity contribution < 1.29 is 14.2 Å². The molecule has 0 aliphatic carbocycles. The van der Waals surface area contributed by atoms with Crippen LogP contribution in [0.5, 0.6) is 5.75 Å². The van der Waals surface area contributed by atoms with Crippen molar-refractivity contribution in [3.05, 3.63) is 23.0 Å². The quantitative estimate of drug-likeness (QED) is 0.552. The summed E-state index contributed by atoms with van der Waals surface area (Å²) < 4.78 is 16.1. The minimum absolute atomic E-state index is 0.245. The van der Waals surface area contributed by atoms with Gasteiger partial charge in [0.15, 0.2) is 0 Å². The molecule has 1 aromatic rings. The molecular weight excluding hydrogens is 242 g/mol. The van der Waals surface area contributed by atoms with Gasteiger partial charge in [-0.15, -0.1) is 12.8 Å². The standard InChI is InChI=1S/C15H17NO3/c1-5-7-18-10-13-9-16-12(3)15(17-4)14(13)11-19-8-6-2/h1-2,9H,7-8,10-11H2,3-4H3. The van der Waals surface area contributed by atoms with E-state index < -0.39 is 0 Å². The van der Waals surface area contributed by atoms with Crippen LogP contribution in [-0.2, 0) is 22.7 Å². The maximum atomic E-state index is 5.37. The molecule has 100 valence electrons. The van der Waals surface area contributed by atoms with Gasteiger partial charge in [0.05, 0.1) is 26.0 Å². The third kappa shape index (κ3) is 4.30. The summed E-state index contributed by atoms with van der Waals surface area (Å²) in [5.74, 6) is 5.54. The molecule has 1 aromatic heterocycles. The predicted octanol–water partition coefficient (Wildman–Crippen LogP) is 1.70. The van der Waals surface area contributed by atoms with Crippen LogP contribution >= 0.6 is 0 Å². The molecule has 4 heteroatoms. The van der Waals surface area contributed by atoms with E-state index in [0.29, 0.717) is 19.0 Å². The van der Waals surface area contributed by atoms with Gasteiger partial charge in [-0.3, -0.25) is 4.98 Å². The van der Waals surface area contributed by atoms with Crippen molar-refractivity contribution in [2.24, 2.45) is 0 Å². The first-order valence-corrected chi connectivity index (χ1v) is 5.78. The summed E-state index contributed by atoms with van der Waals surface area (Å²) in [5, 5.41) is 0. The first-order valence-electron chi connectivity index (χ1n) is 5.78. The Hall–Kier alpha value is -2.01. The van der Waals surface area contributed by atoms with E-state index >= 15 is 0 Å². The lowest BCUT2D eigenvalue weighted by atomic mass is 10.1. The lowest BCUT2D eigenvalue weighted by molar-refractivity contribution is 0.136. The molecular formula is C15H17NO3. The van der Waals surface area contributed by atoms with Crippen LogP contribution < -0.4 is 4.74 Å². The highest BCUT2D eigenvalue weighted by Crippen LogP contribution is 2.26. The van der Waals surface area contributed by atoms with Gasteiger partial charge in [-0.1, -0.05) is 11.8 Å². The predicted molar refractivity (Wildman–Crippen MR) is 72.5 cm³/mol. The summed E-state index contributed by atoms with van der Waals surface area (Å²) in [5.41, 5.74) is 2.57. The van der Waals surface area contributed by atoms with Crippen molar-refractivity contribution in [1.82, 2.24) is 4.98 Å². The normalized spacial score (nSPS) is 9.68. The highest BCUT2D eigenvalue weighted by Gasteiger charge is 2.13. The minimum atomic E-state index is 0.245. The van der Waals surface area contributed by atoms with E-state index in [1.807, 2.05) is 6.92 Å². The first-order chi connectivity index (χ1) is 9.24. The number of pyridine rings is 1. The molecule has 0 atom stereocenters. The summed E-state index contributed by atoms with van der Waals surface area (Å²) in [6.07, 6.45) is 12.0. The van der Waals surface area contributed by atoms with Crippen molar-refractivity contribution in [3.8, 4) is 30.4 Å². The van der Waals surface area contributed by atoms with E-state index in [4.69, 9.17) is 27.1 Å². The zero-order valence-electron chi connectivity index (χ0n) is 11.2. The van der Waals surface area contributed by atoms with E-state index in [0.717, 1.165) is 16.8 Å². The first kappa shape index (κ1) is 15.0. The largest absolute Gasteiger partial charge is 0.494 e. The number of terminal acetylenes is 2. The van der Waals surface area contributed by atoms with Crippen molar-refractivity contribution in [2.45, 2.75) is 20.1 Å². The van der Waals surface area contributed by atoms with E-state index in [2.05, 4.69) is 16.8 Å². The zero-order chi connectivity index (χ0) is 14.1. The van der Waals surface area contributed by atoms with Gasteiger partial charge in [0, 0.05) is 17.3 Å². The molecule has 0 radical (unpaired) electrons. The average Bonchev–Trinajstić information content (AvgIpc) is 2.41. The number of aromatic nitrogens is 1. The minimum Gasteiger partial charge on any atom is -0.494 e. The van der Waals surface area contributed by atoms with Crippen LogP contribution in [0.3, 0.4) is 0 Å². The molecule has 0 amide bonds. The Morgan fingerprint density at radius 1 is 1.16 bits per heavy atom. The van der Waals surface area contributed by atoms with Crippen LogP contribution in [0.4, 0.5) is 0 Å². The third-order valence-corrected chi connectivity index (χ3v) is 2.48. The molecule has 0 fully saturated rings. The maximum Gasteiger partial charge on any atom is 0.145 e. The Bertz CT molecular complexity index is 497. The lowest BCUT2D eigenvalue weighted by Gasteiger charge is -2.15. The summed E-state index contributed by atoms with van der Waals surface area (Å²) in [7, 11) is 1.60. The van der Waals surface area contributed by atoms with E-state index in [9.17, 15) is 0 Å². The molecule has 4 nitrogen and oxygen atoms in total. The molecule has 1 rings (SSSR count). The Kier molecular flexibility index (Phi) is 6.46. The summed E-state index contributed by atoms with van der Waals surface area (Å²) >= 11 is 0. The molecule has 0 bridgehead atoms. The topological polar surface area (TPSA) is 40.6 Å². The molecule has 1 heterocycles. The van der Waals surface area contributed by atoms with E-state index in [1.165, 1.54) is 0 Å². The van der Waals surface area contributed by atoms with Gasteiger partial charge >= 0.3 is 0 Å². The SMILES string of the molecule is C#CCOCc1cnc(C)c(OC)c1COCC#C. The fourth-order valence-electron chi connectivity index (χ4n) is 1.66. The fourth-order valence-corrected chi connectivity index (χ4v) is 1.66. The van der Waals surface area contributed by atoms with Crippen molar-refractivity contribution in [1.29, 1.82) is 0 Å². The van der Waals surface area contributed by atoms with Crippen LogP contribution in [0.25, 0.3) is 0 Å². The average molecular weight is 259 g/mol. The molecule has 0 aromatic carbocycles. The molecule has 19 heavy (non-hydrogen) atoms. The number of aryl methyl sites for hydroxylation is 1. The number of methoxy groups -OCH3 is 1. The molecule has 0 N–H and O–H groups in total. The van der Waals surface area contributed by atoms with Gasteiger partial charge in [-0.2, -0.15) is 0 Å². The maximum absolute atomic E-state index is 5.37. The summed E-state index contributed by atoms with van der Waals surface area (Å²) in [6, 6.07) is 0. The second-order valence-electron chi connectivity index (χ2n) is 3.77. The second-order valence-corrected chi connectivity index (χ2v) is 3.77. The highest BCUT2D eigenvalue weighted by molar-refractivity contribution is 5.41. The van der Waals surface area contributed by atoms with Gasteiger partial charge in [0.1, 0.15) is 19.0 Å². The summed E-state index contributed by atoms with van der Waals surface area (Å²) in [4.78, 5) is 4.27. The highest BCUT2D eigenvalue weighted by atomic mass is 16.5. The number of hydrogen-bond donors (Lipinski definition) is 0. The molecule has 0 aliphatic rings. The second kappa shape index (κ2) is 8.16. The number of hydrogen-bond acceptors (Lipinski definition) is 4. The monoisotopic (exact) mass is 259 g/mol. The van der Waals surface area contributed by atoms with Crippen LogP contribution in [-0.4, -0.2) is 25.3 Å². The van der Waals surface area contributed by atoms with Crippen LogP contribution in [0.1, 0.15) is 16.8 Å². The van der Waals surface area contributed by atoms with Crippen LogP contribution in [0.2, 0.25) is 0 Å². The molecule has 0 spiro atoms. The van der Waals surface area contributed by atoms with E-state index in [-0.39, 0.29) is 13.2 Å². The number of ether oxygens (including phenoxy) is 3. The van der Waals surface area contributed by atoms with Crippen molar-refractivity contribution >= 4 is 0 Å². The Morgan fingerprint density at radius 2 is 1.79 bits per heavy atom. The van der Waals surface area contributed by atoms with E-state index in [1.54, 1.807) is 13.3 Å². The molecule has 0 saturated heterocycles. The van der Waals surface area contributed by atoms with Gasteiger partial charge in [-0.25, -0.2) is 0 Å². The van der Waals surface area contributed by atoms with Gasteiger partial charge in [0.2, 0.25) is 0 Å². The van der Waals surface area contributed by atoms with Crippen LogP contribution in [0.15, 0.2) is 6.20 Å².